The van der Waals surface area contributed by atoms with Gasteiger partial charge in [0.05, 0.1) is 6.26 Å². The number of hydrogen-bond donors (Lipinski definition) is 1. The highest BCUT2D eigenvalue weighted by Gasteiger charge is 2.06. The highest BCUT2D eigenvalue weighted by atomic mass is 16.3. The second-order valence-corrected chi connectivity index (χ2v) is 3.90. The summed E-state index contributed by atoms with van der Waals surface area (Å²) in [5, 5.41) is 0. The summed E-state index contributed by atoms with van der Waals surface area (Å²) >= 11 is 0. The first kappa shape index (κ1) is 10.9. The van der Waals surface area contributed by atoms with E-state index in [4.69, 9.17) is 10.2 Å². The van der Waals surface area contributed by atoms with Crippen LogP contribution in [0.25, 0.3) is 0 Å². The van der Waals surface area contributed by atoms with Gasteiger partial charge >= 0.3 is 0 Å². The molecule has 3 nitrogen and oxygen atoms in total. The third-order valence-electron chi connectivity index (χ3n) is 2.54. The van der Waals surface area contributed by atoms with Crippen LogP contribution < -0.4 is 5.73 Å². The molecule has 1 atom stereocenters. The molecule has 0 amide bonds. The Balaban J connectivity index is 1.78. The van der Waals surface area contributed by atoms with E-state index in [1.807, 2.05) is 30.3 Å². The molecule has 2 rings (SSSR count). The SMILES string of the molecule is NC(CCc1ccco1)Cc1ccccn1. The first-order valence-electron chi connectivity index (χ1n) is 5.52. The van der Waals surface area contributed by atoms with Gasteiger partial charge in [-0.05, 0) is 30.7 Å². The fourth-order valence-electron chi connectivity index (χ4n) is 1.67. The van der Waals surface area contributed by atoms with Crippen molar-refractivity contribution in [2.75, 3.05) is 0 Å². The van der Waals surface area contributed by atoms with Gasteiger partial charge in [0, 0.05) is 30.8 Å². The minimum atomic E-state index is 0.139. The predicted octanol–water partition coefficient (Wildman–Crippen LogP) is 2.18. The summed E-state index contributed by atoms with van der Waals surface area (Å²) in [5.74, 6) is 0.997. The van der Waals surface area contributed by atoms with Gasteiger partial charge in [-0.1, -0.05) is 6.07 Å². The second kappa shape index (κ2) is 5.47. The molecule has 2 aromatic heterocycles. The molecule has 0 aliphatic carbocycles. The number of aryl methyl sites for hydroxylation is 1. The number of furan rings is 1. The van der Waals surface area contributed by atoms with E-state index in [0.717, 1.165) is 30.7 Å². The van der Waals surface area contributed by atoms with E-state index < -0.39 is 0 Å². The maximum absolute atomic E-state index is 6.04. The van der Waals surface area contributed by atoms with Gasteiger partial charge in [0.15, 0.2) is 0 Å². The summed E-state index contributed by atoms with van der Waals surface area (Å²) in [6.07, 6.45) is 6.13. The number of rotatable bonds is 5. The molecule has 16 heavy (non-hydrogen) atoms. The molecule has 2 heterocycles. The molecule has 0 radical (unpaired) electrons. The third kappa shape index (κ3) is 3.21. The zero-order chi connectivity index (χ0) is 11.2. The molecule has 1 unspecified atom stereocenters. The Hall–Kier alpha value is -1.61. The molecule has 2 aromatic rings. The summed E-state index contributed by atoms with van der Waals surface area (Å²) in [4.78, 5) is 4.26. The van der Waals surface area contributed by atoms with Crippen LogP contribution in [0.3, 0.4) is 0 Å². The van der Waals surface area contributed by atoms with E-state index in [2.05, 4.69) is 4.98 Å². The van der Waals surface area contributed by atoms with E-state index in [9.17, 15) is 0 Å². The Morgan fingerprint density at radius 1 is 1.25 bits per heavy atom. The van der Waals surface area contributed by atoms with Gasteiger partial charge in [-0.2, -0.15) is 0 Å². The van der Waals surface area contributed by atoms with E-state index in [1.165, 1.54) is 0 Å². The van der Waals surface area contributed by atoms with E-state index >= 15 is 0 Å². The average molecular weight is 216 g/mol. The van der Waals surface area contributed by atoms with E-state index in [0.29, 0.717) is 0 Å². The highest BCUT2D eigenvalue weighted by molar-refractivity contribution is 5.05. The Bertz CT molecular complexity index is 397. The molecular formula is C13H16N2O. The van der Waals surface area contributed by atoms with Crippen LogP contribution in [0.2, 0.25) is 0 Å². The number of pyridine rings is 1. The van der Waals surface area contributed by atoms with Crippen LogP contribution in [0, 0.1) is 0 Å². The van der Waals surface area contributed by atoms with Gasteiger partial charge in [-0.25, -0.2) is 0 Å². The van der Waals surface area contributed by atoms with Gasteiger partial charge in [0.2, 0.25) is 0 Å². The van der Waals surface area contributed by atoms with Crippen LogP contribution in [0.15, 0.2) is 47.2 Å². The van der Waals surface area contributed by atoms with Gasteiger partial charge in [-0.3, -0.25) is 4.98 Å². The molecule has 0 saturated carbocycles. The Morgan fingerprint density at radius 2 is 2.19 bits per heavy atom. The number of hydrogen-bond acceptors (Lipinski definition) is 3. The maximum Gasteiger partial charge on any atom is 0.103 e. The van der Waals surface area contributed by atoms with Crippen LogP contribution >= 0.6 is 0 Å². The predicted molar refractivity (Wildman–Crippen MR) is 62.9 cm³/mol. The molecule has 0 bridgehead atoms. The van der Waals surface area contributed by atoms with Crippen molar-refractivity contribution in [3.8, 4) is 0 Å². The van der Waals surface area contributed by atoms with Crippen LogP contribution in [0.1, 0.15) is 17.9 Å². The molecule has 0 aliphatic rings. The number of aromatic nitrogens is 1. The Kier molecular flexibility index (Phi) is 3.72. The van der Waals surface area contributed by atoms with Crippen molar-refractivity contribution in [3.63, 3.8) is 0 Å². The topological polar surface area (TPSA) is 52.0 Å². The van der Waals surface area contributed by atoms with Crippen LogP contribution in [-0.2, 0) is 12.8 Å². The quantitative estimate of drug-likeness (QED) is 0.833. The fourth-order valence-corrected chi connectivity index (χ4v) is 1.67. The molecule has 0 fully saturated rings. The minimum absolute atomic E-state index is 0.139. The lowest BCUT2D eigenvalue weighted by Crippen LogP contribution is -2.23. The first-order chi connectivity index (χ1) is 7.84. The van der Waals surface area contributed by atoms with Gasteiger partial charge in [0.25, 0.3) is 0 Å². The van der Waals surface area contributed by atoms with Crippen molar-refractivity contribution in [2.24, 2.45) is 5.73 Å². The zero-order valence-corrected chi connectivity index (χ0v) is 9.17. The third-order valence-corrected chi connectivity index (χ3v) is 2.54. The largest absolute Gasteiger partial charge is 0.469 e. The molecule has 0 aliphatic heterocycles. The maximum atomic E-state index is 6.04. The number of nitrogens with two attached hydrogens (primary N) is 1. The molecule has 84 valence electrons. The first-order valence-corrected chi connectivity index (χ1v) is 5.52. The van der Waals surface area contributed by atoms with Gasteiger partial charge in [-0.15, -0.1) is 0 Å². The Morgan fingerprint density at radius 3 is 2.88 bits per heavy atom. The molecule has 2 N–H and O–H groups in total. The minimum Gasteiger partial charge on any atom is -0.469 e. The standard InChI is InChI=1S/C13H16N2O/c14-11(6-7-13-5-3-9-16-13)10-12-4-1-2-8-15-12/h1-5,8-9,11H,6-7,10,14H2. The molecule has 0 aromatic carbocycles. The molecule has 0 spiro atoms. The normalized spacial score (nSPS) is 12.6. The van der Waals surface area contributed by atoms with Crippen LogP contribution in [0.5, 0.6) is 0 Å². The average Bonchev–Trinajstić information content (AvgIpc) is 2.81. The van der Waals surface area contributed by atoms with Gasteiger partial charge in [0.1, 0.15) is 5.76 Å². The van der Waals surface area contributed by atoms with Crippen LogP contribution in [0.4, 0.5) is 0 Å². The smallest absolute Gasteiger partial charge is 0.103 e. The monoisotopic (exact) mass is 216 g/mol. The van der Waals surface area contributed by atoms with Crippen molar-refractivity contribution < 1.29 is 4.42 Å². The van der Waals surface area contributed by atoms with Crippen molar-refractivity contribution in [3.05, 3.63) is 54.2 Å². The van der Waals surface area contributed by atoms with Gasteiger partial charge < -0.3 is 10.2 Å². The lowest BCUT2D eigenvalue weighted by Gasteiger charge is -2.09. The van der Waals surface area contributed by atoms with Crippen molar-refractivity contribution in [2.45, 2.75) is 25.3 Å². The van der Waals surface area contributed by atoms with Crippen molar-refractivity contribution in [1.29, 1.82) is 0 Å². The Labute approximate surface area is 95.3 Å². The zero-order valence-electron chi connectivity index (χ0n) is 9.17. The summed E-state index contributed by atoms with van der Waals surface area (Å²) in [6.45, 7) is 0. The summed E-state index contributed by atoms with van der Waals surface area (Å²) in [6, 6.07) is 9.93. The molecular weight excluding hydrogens is 200 g/mol. The van der Waals surface area contributed by atoms with Crippen LogP contribution in [-0.4, -0.2) is 11.0 Å². The molecule has 0 saturated heterocycles. The summed E-state index contributed by atoms with van der Waals surface area (Å²) < 4.78 is 5.26. The van der Waals surface area contributed by atoms with Crippen molar-refractivity contribution >= 4 is 0 Å². The second-order valence-electron chi connectivity index (χ2n) is 3.90. The molecule has 3 heteroatoms. The summed E-state index contributed by atoms with van der Waals surface area (Å²) in [7, 11) is 0. The van der Waals surface area contributed by atoms with E-state index in [1.54, 1.807) is 12.5 Å². The van der Waals surface area contributed by atoms with E-state index in [-0.39, 0.29) is 6.04 Å². The lowest BCUT2D eigenvalue weighted by molar-refractivity contribution is 0.483. The summed E-state index contributed by atoms with van der Waals surface area (Å²) in [5.41, 5.74) is 7.09. The fraction of sp³-hybridized carbons (Fsp3) is 0.308. The van der Waals surface area contributed by atoms with Crippen molar-refractivity contribution in [1.82, 2.24) is 4.98 Å². The highest BCUT2D eigenvalue weighted by Crippen LogP contribution is 2.07. The number of nitrogens with zero attached hydrogens (tertiary/aromatic N) is 1. The lowest BCUT2D eigenvalue weighted by atomic mass is 10.1.